The van der Waals surface area contributed by atoms with Crippen LogP contribution in [0.3, 0.4) is 0 Å². The minimum absolute atomic E-state index is 0.0400. The van der Waals surface area contributed by atoms with Crippen molar-refractivity contribution in [1.29, 1.82) is 0 Å². The molecule has 0 bridgehead atoms. The first-order valence-electron chi connectivity index (χ1n) is 10.3. The van der Waals surface area contributed by atoms with Gasteiger partial charge in [-0.2, -0.15) is 0 Å². The fourth-order valence-corrected chi connectivity index (χ4v) is 4.80. The average Bonchev–Trinajstić information content (AvgIpc) is 3.22. The normalized spacial score (nSPS) is 17.6. The molecule has 1 saturated heterocycles. The number of nitrogens with one attached hydrogen (secondary N) is 1. The molecular formula is C23H33N3O2S. The molecule has 1 aliphatic rings. The number of para-hydroxylation sites is 2. The number of benzene rings is 1. The van der Waals surface area contributed by atoms with Crippen LogP contribution in [0.5, 0.6) is 5.75 Å². The first kappa shape index (κ1) is 21.7. The minimum atomic E-state index is -0.392. The van der Waals surface area contributed by atoms with E-state index in [0.29, 0.717) is 0 Å². The maximum absolute atomic E-state index is 12.6. The lowest BCUT2D eigenvalue weighted by molar-refractivity contribution is -0.129. The van der Waals surface area contributed by atoms with Crippen molar-refractivity contribution < 1.29 is 9.53 Å². The molecule has 0 aliphatic carbocycles. The summed E-state index contributed by atoms with van der Waals surface area (Å²) < 4.78 is 5.54. The SMILES string of the molecule is COc1ccccc1N1CCN([C@@H](c2cccs2)[C@H](C)NC(=O)C(C)(C)C)CC1. The van der Waals surface area contributed by atoms with Crippen molar-refractivity contribution in [2.24, 2.45) is 5.41 Å². The van der Waals surface area contributed by atoms with Gasteiger partial charge in [0.2, 0.25) is 5.91 Å². The summed E-state index contributed by atoms with van der Waals surface area (Å²) in [4.78, 5) is 18.8. The van der Waals surface area contributed by atoms with Crippen LogP contribution in [0.15, 0.2) is 41.8 Å². The van der Waals surface area contributed by atoms with E-state index in [1.807, 2.05) is 32.9 Å². The third kappa shape index (κ3) is 5.11. The Morgan fingerprint density at radius 3 is 2.38 bits per heavy atom. The predicted molar refractivity (Wildman–Crippen MR) is 121 cm³/mol. The highest BCUT2D eigenvalue weighted by Gasteiger charge is 2.33. The van der Waals surface area contributed by atoms with Gasteiger partial charge >= 0.3 is 0 Å². The van der Waals surface area contributed by atoms with Crippen LogP contribution < -0.4 is 15.0 Å². The molecule has 0 saturated carbocycles. The molecule has 2 heterocycles. The third-order valence-corrected chi connectivity index (χ3v) is 6.42. The molecule has 0 unspecified atom stereocenters. The molecule has 1 fully saturated rings. The maximum Gasteiger partial charge on any atom is 0.225 e. The Morgan fingerprint density at radius 1 is 1.10 bits per heavy atom. The summed E-state index contributed by atoms with van der Waals surface area (Å²) in [5, 5.41) is 5.38. The zero-order valence-corrected chi connectivity index (χ0v) is 19.0. The monoisotopic (exact) mass is 415 g/mol. The Bertz CT molecular complexity index is 793. The zero-order valence-electron chi connectivity index (χ0n) is 18.1. The molecule has 0 radical (unpaired) electrons. The number of piperazine rings is 1. The smallest absolute Gasteiger partial charge is 0.225 e. The Balaban J connectivity index is 1.73. The standard InChI is InChI=1S/C23H33N3O2S/c1-17(24-22(27)23(2,3)4)21(20-11-8-16-29-20)26-14-12-25(13-15-26)18-9-6-7-10-19(18)28-5/h6-11,16-17,21H,12-15H2,1-5H3,(H,24,27)/t17-,21+/m0/s1. The molecule has 1 amide bonds. The number of nitrogens with zero attached hydrogens (tertiary/aromatic N) is 2. The highest BCUT2D eigenvalue weighted by atomic mass is 32.1. The molecule has 6 heteroatoms. The summed E-state index contributed by atoms with van der Waals surface area (Å²) in [6.07, 6.45) is 0. The number of carbonyl (C=O) groups excluding carboxylic acids is 1. The predicted octanol–water partition coefficient (Wildman–Crippen LogP) is 4.17. The van der Waals surface area contributed by atoms with Gasteiger partial charge in [-0.3, -0.25) is 9.69 Å². The van der Waals surface area contributed by atoms with Crippen molar-refractivity contribution in [3.63, 3.8) is 0 Å². The summed E-state index contributed by atoms with van der Waals surface area (Å²) in [6, 6.07) is 12.7. The Hall–Kier alpha value is -2.05. The number of rotatable bonds is 6. The fraction of sp³-hybridized carbons (Fsp3) is 0.522. The molecule has 1 aromatic heterocycles. The average molecular weight is 416 g/mol. The summed E-state index contributed by atoms with van der Waals surface area (Å²) in [5.41, 5.74) is 0.757. The molecule has 1 aliphatic heterocycles. The second kappa shape index (κ2) is 9.18. The van der Waals surface area contributed by atoms with Crippen LogP contribution in [0.25, 0.3) is 0 Å². The van der Waals surface area contributed by atoms with Crippen molar-refractivity contribution in [2.75, 3.05) is 38.2 Å². The fourth-order valence-electron chi connectivity index (χ4n) is 3.84. The molecule has 2 aromatic rings. The summed E-state index contributed by atoms with van der Waals surface area (Å²) in [7, 11) is 1.72. The van der Waals surface area contributed by atoms with Gasteiger partial charge < -0.3 is 15.0 Å². The summed E-state index contributed by atoms with van der Waals surface area (Å²) in [6.45, 7) is 11.8. The number of hydrogen-bond acceptors (Lipinski definition) is 5. The minimum Gasteiger partial charge on any atom is -0.495 e. The first-order valence-corrected chi connectivity index (χ1v) is 11.2. The molecule has 0 spiro atoms. The lowest BCUT2D eigenvalue weighted by Crippen LogP contribution is -2.53. The van der Waals surface area contributed by atoms with Crippen molar-refractivity contribution in [3.8, 4) is 5.75 Å². The molecule has 1 N–H and O–H groups in total. The van der Waals surface area contributed by atoms with Crippen molar-refractivity contribution in [1.82, 2.24) is 10.2 Å². The van der Waals surface area contributed by atoms with Crippen LogP contribution in [0.4, 0.5) is 5.69 Å². The van der Waals surface area contributed by atoms with E-state index in [1.54, 1.807) is 18.4 Å². The molecule has 29 heavy (non-hydrogen) atoms. The van der Waals surface area contributed by atoms with Gasteiger partial charge in [-0.1, -0.05) is 39.0 Å². The van der Waals surface area contributed by atoms with Crippen LogP contribution in [0.1, 0.15) is 38.6 Å². The van der Waals surface area contributed by atoms with Crippen molar-refractivity contribution >= 4 is 22.9 Å². The van der Waals surface area contributed by atoms with Crippen LogP contribution in [-0.2, 0) is 4.79 Å². The maximum atomic E-state index is 12.6. The van der Waals surface area contributed by atoms with E-state index < -0.39 is 5.41 Å². The lowest BCUT2D eigenvalue weighted by atomic mass is 9.94. The van der Waals surface area contributed by atoms with E-state index >= 15 is 0 Å². The largest absolute Gasteiger partial charge is 0.495 e. The van der Waals surface area contributed by atoms with E-state index in [4.69, 9.17) is 4.74 Å². The number of anilines is 1. The van der Waals surface area contributed by atoms with Crippen LogP contribution in [0.2, 0.25) is 0 Å². The van der Waals surface area contributed by atoms with E-state index in [9.17, 15) is 4.79 Å². The van der Waals surface area contributed by atoms with Gasteiger partial charge in [-0.15, -0.1) is 11.3 Å². The number of methoxy groups -OCH3 is 1. The van der Waals surface area contributed by atoms with E-state index in [2.05, 4.69) is 51.7 Å². The zero-order chi connectivity index (χ0) is 21.0. The first-order chi connectivity index (χ1) is 13.8. The molecule has 3 rings (SSSR count). The highest BCUT2D eigenvalue weighted by Crippen LogP contribution is 2.33. The van der Waals surface area contributed by atoms with Gasteiger partial charge in [-0.05, 0) is 30.5 Å². The van der Waals surface area contributed by atoms with Crippen LogP contribution in [-0.4, -0.2) is 50.1 Å². The van der Waals surface area contributed by atoms with E-state index in [1.165, 1.54) is 4.88 Å². The lowest BCUT2D eigenvalue weighted by Gasteiger charge is -2.42. The molecule has 158 valence electrons. The highest BCUT2D eigenvalue weighted by molar-refractivity contribution is 7.10. The van der Waals surface area contributed by atoms with Crippen LogP contribution in [0, 0.1) is 5.41 Å². The van der Waals surface area contributed by atoms with Gasteiger partial charge in [0.1, 0.15) is 5.75 Å². The number of carbonyl (C=O) groups is 1. The Morgan fingerprint density at radius 2 is 1.79 bits per heavy atom. The third-order valence-electron chi connectivity index (χ3n) is 5.48. The summed E-state index contributed by atoms with van der Waals surface area (Å²) >= 11 is 1.76. The van der Waals surface area contributed by atoms with Gasteiger partial charge in [0.05, 0.1) is 18.8 Å². The Kier molecular flexibility index (Phi) is 6.85. The van der Waals surface area contributed by atoms with Gasteiger partial charge in [0.25, 0.3) is 0 Å². The van der Waals surface area contributed by atoms with Crippen LogP contribution >= 0.6 is 11.3 Å². The molecule has 2 atom stereocenters. The van der Waals surface area contributed by atoms with Gasteiger partial charge in [-0.25, -0.2) is 0 Å². The molecule has 1 aromatic carbocycles. The van der Waals surface area contributed by atoms with Gasteiger partial charge in [0, 0.05) is 42.5 Å². The van der Waals surface area contributed by atoms with Crippen molar-refractivity contribution in [3.05, 3.63) is 46.7 Å². The number of ether oxygens (including phenoxy) is 1. The Labute approximate surface area is 178 Å². The second-order valence-electron chi connectivity index (χ2n) is 8.67. The summed E-state index contributed by atoms with van der Waals surface area (Å²) in [5.74, 6) is 1.01. The van der Waals surface area contributed by atoms with Gasteiger partial charge in [0.15, 0.2) is 0 Å². The molecule has 5 nitrogen and oxygen atoms in total. The second-order valence-corrected chi connectivity index (χ2v) is 9.65. The van der Waals surface area contributed by atoms with Crippen molar-refractivity contribution in [2.45, 2.75) is 39.8 Å². The number of hydrogen-bond donors (Lipinski definition) is 1. The number of amides is 1. The van der Waals surface area contributed by atoms with E-state index in [-0.39, 0.29) is 18.0 Å². The quantitative estimate of drug-likeness (QED) is 0.769. The molecular weight excluding hydrogens is 382 g/mol. The topological polar surface area (TPSA) is 44.8 Å². The number of thiophene rings is 1. The van der Waals surface area contributed by atoms with E-state index in [0.717, 1.165) is 37.6 Å².